The second-order valence-electron chi connectivity index (χ2n) is 4.73. The second-order valence-corrected chi connectivity index (χ2v) is 5.11. The summed E-state index contributed by atoms with van der Waals surface area (Å²) in [6.45, 7) is 3.90. The molecule has 1 amide bonds. The molecular weight excluding hydrogens is 250 g/mol. The van der Waals surface area contributed by atoms with Crippen LogP contribution in [0.2, 0.25) is 5.02 Å². The van der Waals surface area contributed by atoms with Gasteiger partial charge in [0, 0.05) is 30.1 Å². The zero-order chi connectivity index (χ0) is 13.4. The Balaban J connectivity index is 2.54. The molecule has 0 aliphatic carbocycles. The van der Waals surface area contributed by atoms with Crippen molar-refractivity contribution in [1.82, 2.24) is 4.90 Å². The molecule has 1 heterocycles. The summed E-state index contributed by atoms with van der Waals surface area (Å²) in [5, 5.41) is 1.70. The Bertz CT molecular complexity index is 614. The summed E-state index contributed by atoms with van der Waals surface area (Å²) < 4.78 is 5.52. The first-order valence-electron chi connectivity index (χ1n) is 5.77. The number of fused-ring (bicyclic) bond motifs is 1. The summed E-state index contributed by atoms with van der Waals surface area (Å²) in [5.41, 5.74) is 3.64. The van der Waals surface area contributed by atoms with Crippen LogP contribution in [0.15, 0.2) is 16.7 Å². The molecule has 0 atom stereocenters. The van der Waals surface area contributed by atoms with E-state index in [0.717, 1.165) is 32.7 Å². The monoisotopic (exact) mass is 265 g/mol. The number of nitrogens with zero attached hydrogens (tertiary/aromatic N) is 1. The van der Waals surface area contributed by atoms with Crippen LogP contribution in [-0.2, 0) is 11.2 Å². The summed E-state index contributed by atoms with van der Waals surface area (Å²) in [6, 6.07) is 1.91. The molecule has 0 saturated heterocycles. The summed E-state index contributed by atoms with van der Waals surface area (Å²) in [7, 11) is 3.49. The maximum atomic E-state index is 11.8. The Labute approximate surface area is 111 Å². The molecule has 0 fully saturated rings. The number of halogens is 1. The first kappa shape index (κ1) is 13.0. The van der Waals surface area contributed by atoms with Crippen LogP contribution in [0.25, 0.3) is 11.0 Å². The van der Waals surface area contributed by atoms with Gasteiger partial charge in [-0.15, -0.1) is 0 Å². The number of rotatable bonds is 2. The highest BCUT2D eigenvalue weighted by molar-refractivity contribution is 6.33. The lowest BCUT2D eigenvalue weighted by atomic mass is 10.0. The van der Waals surface area contributed by atoms with Gasteiger partial charge in [0.05, 0.1) is 12.7 Å². The van der Waals surface area contributed by atoms with Gasteiger partial charge >= 0.3 is 0 Å². The van der Waals surface area contributed by atoms with Crippen LogP contribution >= 0.6 is 11.6 Å². The summed E-state index contributed by atoms with van der Waals surface area (Å²) in [4.78, 5) is 13.3. The molecule has 0 N–H and O–H groups in total. The minimum absolute atomic E-state index is 0.0498. The van der Waals surface area contributed by atoms with E-state index in [-0.39, 0.29) is 5.91 Å². The van der Waals surface area contributed by atoms with Crippen molar-refractivity contribution in [1.29, 1.82) is 0 Å². The zero-order valence-electron chi connectivity index (χ0n) is 11.0. The lowest BCUT2D eigenvalue weighted by Crippen LogP contribution is -2.23. The molecule has 1 aromatic heterocycles. The van der Waals surface area contributed by atoms with Crippen molar-refractivity contribution >= 4 is 28.5 Å². The topological polar surface area (TPSA) is 33.5 Å². The van der Waals surface area contributed by atoms with Crippen molar-refractivity contribution < 1.29 is 9.21 Å². The van der Waals surface area contributed by atoms with Crippen molar-refractivity contribution in [3.8, 4) is 0 Å². The quantitative estimate of drug-likeness (QED) is 0.834. The number of hydrogen-bond acceptors (Lipinski definition) is 2. The average molecular weight is 266 g/mol. The fourth-order valence-corrected chi connectivity index (χ4v) is 2.21. The van der Waals surface area contributed by atoms with Crippen molar-refractivity contribution in [2.24, 2.45) is 0 Å². The van der Waals surface area contributed by atoms with Gasteiger partial charge < -0.3 is 9.32 Å². The lowest BCUT2D eigenvalue weighted by Gasteiger charge is -2.10. The van der Waals surface area contributed by atoms with Gasteiger partial charge in [-0.1, -0.05) is 11.6 Å². The number of likely N-dealkylation sites (N-methyl/N-ethyl adjacent to an activating group) is 1. The minimum atomic E-state index is 0.0498. The van der Waals surface area contributed by atoms with Gasteiger partial charge in [0.15, 0.2) is 0 Å². The SMILES string of the molecule is Cc1cc2occ(CC(=O)N(C)C)c2c(C)c1Cl. The fourth-order valence-electron chi connectivity index (χ4n) is 2.06. The Morgan fingerprint density at radius 3 is 2.67 bits per heavy atom. The molecule has 0 saturated carbocycles. The first-order chi connectivity index (χ1) is 8.41. The Morgan fingerprint density at radius 1 is 1.39 bits per heavy atom. The molecule has 3 nitrogen and oxygen atoms in total. The van der Waals surface area contributed by atoms with Crippen LogP contribution in [0.4, 0.5) is 0 Å². The van der Waals surface area contributed by atoms with Crippen molar-refractivity contribution in [2.45, 2.75) is 20.3 Å². The van der Waals surface area contributed by atoms with E-state index in [0.29, 0.717) is 6.42 Å². The first-order valence-corrected chi connectivity index (χ1v) is 6.15. The van der Waals surface area contributed by atoms with Crippen LogP contribution in [0.1, 0.15) is 16.7 Å². The molecule has 0 aliphatic rings. The van der Waals surface area contributed by atoms with E-state index in [4.69, 9.17) is 16.0 Å². The van der Waals surface area contributed by atoms with Crippen LogP contribution in [0.5, 0.6) is 0 Å². The van der Waals surface area contributed by atoms with E-state index in [9.17, 15) is 4.79 Å². The summed E-state index contributed by atoms with van der Waals surface area (Å²) in [6.07, 6.45) is 1.98. The molecule has 0 unspecified atom stereocenters. The normalized spacial score (nSPS) is 10.9. The van der Waals surface area contributed by atoms with Crippen molar-refractivity contribution in [3.05, 3.63) is 34.0 Å². The molecule has 2 aromatic rings. The number of furan rings is 1. The van der Waals surface area contributed by atoms with Gasteiger partial charge in [0.1, 0.15) is 5.58 Å². The van der Waals surface area contributed by atoms with Gasteiger partial charge in [-0.05, 0) is 31.0 Å². The van der Waals surface area contributed by atoms with Crippen molar-refractivity contribution in [2.75, 3.05) is 14.1 Å². The zero-order valence-corrected chi connectivity index (χ0v) is 11.8. The molecule has 0 spiro atoms. The minimum Gasteiger partial charge on any atom is -0.464 e. The molecule has 0 bridgehead atoms. The molecule has 4 heteroatoms. The van der Waals surface area contributed by atoms with Gasteiger partial charge in [0.2, 0.25) is 5.91 Å². The number of carbonyl (C=O) groups excluding carboxylic acids is 1. The highest BCUT2D eigenvalue weighted by atomic mass is 35.5. The maximum absolute atomic E-state index is 11.8. The predicted molar refractivity (Wildman–Crippen MR) is 73.1 cm³/mol. The molecule has 18 heavy (non-hydrogen) atoms. The number of benzene rings is 1. The average Bonchev–Trinajstić information content (AvgIpc) is 2.69. The van der Waals surface area contributed by atoms with E-state index in [1.54, 1.807) is 25.3 Å². The molecule has 0 aliphatic heterocycles. The maximum Gasteiger partial charge on any atom is 0.226 e. The molecule has 2 rings (SSSR count). The van der Waals surface area contributed by atoms with Crippen LogP contribution in [-0.4, -0.2) is 24.9 Å². The molecule has 96 valence electrons. The third-order valence-electron chi connectivity index (χ3n) is 3.13. The van der Waals surface area contributed by atoms with Gasteiger partial charge in [-0.3, -0.25) is 4.79 Å². The van der Waals surface area contributed by atoms with Gasteiger partial charge in [-0.2, -0.15) is 0 Å². The molecular formula is C14H16ClNO2. The van der Waals surface area contributed by atoms with E-state index < -0.39 is 0 Å². The molecule has 1 aromatic carbocycles. The second kappa shape index (κ2) is 4.65. The standard InChI is InChI=1S/C14H16ClNO2/c1-8-5-11-13(9(2)14(8)15)10(7-18-11)6-12(17)16(3)4/h5,7H,6H2,1-4H3. The van der Waals surface area contributed by atoms with Crippen LogP contribution < -0.4 is 0 Å². The van der Waals surface area contributed by atoms with E-state index in [1.165, 1.54) is 0 Å². The Morgan fingerprint density at radius 2 is 2.06 bits per heavy atom. The largest absolute Gasteiger partial charge is 0.464 e. The Hall–Kier alpha value is -1.48. The summed E-state index contributed by atoms with van der Waals surface area (Å²) >= 11 is 6.25. The third kappa shape index (κ3) is 2.10. The predicted octanol–water partition coefficient (Wildman–Crippen LogP) is 3.33. The third-order valence-corrected chi connectivity index (χ3v) is 3.72. The summed E-state index contributed by atoms with van der Waals surface area (Å²) in [5.74, 6) is 0.0498. The lowest BCUT2D eigenvalue weighted by molar-refractivity contribution is -0.127. The van der Waals surface area contributed by atoms with E-state index in [1.807, 2.05) is 19.9 Å². The van der Waals surface area contributed by atoms with Crippen LogP contribution in [0.3, 0.4) is 0 Å². The number of hydrogen-bond donors (Lipinski definition) is 0. The van der Waals surface area contributed by atoms with Crippen LogP contribution in [0, 0.1) is 13.8 Å². The number of carbonyl (C=O) groups is 1. The van der Waals surface area contributed by atoms with Gasteiger partial charge in [0.25, 0.3) is 0 Å². The molecule has 0 radical (unpaired) electrons. The highest BCUT2D eigenvalue weighted by Gasteiger charge is 2.16. The smallest absolute Gasteiger partial charge is 0.226 e. The van der Waals surface area contributed by atoms with E-state index >= 15 is 0 Å². The van der Waals surface area contributed by atoms with Crippen molar-refractivity contribution in [3.63, 3.8) is 0 Å². The van der Waals surface area contributed by atoms with E-state index in [2.05, 4.69) is 0 Å². The fraction of sp³-hybridized carbons (Fsp3) is 0.357. The highest BCUT2D eigenvalue weighted by Crippen LogP contribution is 2.32. The number of amides is 1. The van der Waals surface area contributed by atoms with Gasteiger partial charge in [-0.25, -0.2) is 0 Å². The Kier molecular flexibility index (Phi) is 3.35. The number of aryl methyl sites for hydroxylation is 2.